The molecule has 0 aromatic carbocycles. The van der Waals surface area contributed by atoms with Gasteiger partial charge in [-0.15, -0.1) is 0 Å². The minimum atomic E-state index is -0.762. The van der Waals surface area contributed by atoms with E-state index in [0.717, 1.165) is 38.5 Å². The van der Waals surface area contributed by atoms with Crippen LogP contribution in [0.25, 0.3) is 0 Å². The molecule has 4 aliphatic rings. The Bertz CT molecular complexity index is 878. The molecule has 200 valence electrons. The van der Waals surface area contributed by atoms with E-state index in [0.29, 0.717) is 30.1 Å². The third-order valence-electron chi connectivity index (χ3n) is 10.5. The first-order valence-corrected chi connectivity index (χ1v) is 15.6. The van der Waals surface area contributed by atoms with Gasteiger partial charge in [0.2, 0.25) is 0 Å². The number of fused-ring (bicyclic) bond motifs is 5. The molecule has 0 aromatic heterocycles. The number of rotatable bonds is 11. The number of unbranched alkanes of at least 4 members (excludes halogenated alkanes) is 7. The molecule has 3 fully saturated rings. The zero-order chi connectivity index (χ0) is 25.6. The normalized spacial score (nSPS) is 35.1. The van der Waals surface area contributed by atoms with Crippen LogP contribution in [-0.4, -0.2) is 11.6 Å². The van der Waals surface area contributed by atoms with E-state index in [-0.39, 0.29) is 11.4 Å². The third kappa shape index (κ3) is 5.34. The molecule has 0 N–H and O–H groups in total. The number of halogens is 1. The lowest BCUT2D eigenvalue weighted by Gasteiger charge is -2.57. The molecule has 3 saturated carbocycles. The maximum absolute atomic E-state index is 13.2. The van der Waals surface area contributed by atoms with Gasteiger partial charge in [-0.3, -0.25) is 4.79 Å². The molecule has 4 rings (SSSR count). The molecule has 0 saturated heterocycles. The van der Waals surface area contributed by atoms with Crippen LogP contribution in [0.5, 0.6) is 0 Å². The van der Waals surface area contributed by atoms with E-state index < -0.39 is 5.60 Å². The van der Waals surface area contributed by atoms with E-state index in [4.69, 9.17) is 22.9 Å². The standard InChI is InChI=1S/C33H49ClO2/c1-4-6-7-8-9-10-11-12-17-30(35)36-33(22-23-34)21-20-29-28-19-18-26-15-13-14-16-27(26)31(28)25(3)24-32(29,33)5-2/h15,27-29,31H,3-14,16-21,24H2,1-2H3/t27-,28-,29-,31+,32-,33+/m0/s1. The Morgan fingerprint density at radius 2 is 1.86 bits per heavy atom. The summed E-state index contributed by atoms with van der Waals surface area (Å²) in [4.78, 5) is 13.2. The third-order valence-corrected chi connectivity index (χ3v) is 10.6. The molecule has 0 aromatic rings. The van der Waals surface area contributed by atoms with Crippen LogP contribution in [-0.2, 0) is 9.53 Å². The Morgan fingerprint density at radius 1 is 1.11 bits per heavy atom. The van der Waals surface area contributed by atoms with Gasteiger partial charge in [-0.1, -0.05) is 82.6 Å². The average molecular weight is 513 g/mol. The second kappa shape index (κ2) is 12.6. The average Bonchev–Trinajstić information content (AvgIpc) is 3.19. The number of hydrogen-bond donors (Lipinski definition) is 0. The summed E-state index contributed by atoms with van der Waals surface area (Å²) in [6.45, 7) is 9.22. The van der Waals surface area contributed by atoms with Crippen molar-refractivity contribution in [2.75, 3.05) is 0 Å². The highest BCUT2D eigenvalue weighted by molar-refractivity contribution is 6.30. The number of hydrogen-bond acceptors (Lipinski definition) is 2. The van der Waals surface area contributed by atoms with Gasteiger partial charge in [0.25, 0.3) is 0 Å². The Balaban J connectivity index is 1.44. The molecule has 36 heavy (non-hydrogen) atoms. The summed E-state index contributed by atoms with van der Waals surface area (Å²) in [6.07, 6.45) is 23.0. The zero-order valence-corrected chi connectivity index (χ0v) is 23.8. The lowest BCUT2D eigenvalue weighted by Crippen LogP contribution is -2.55. The molecule has 2 nitrogen and oxygen atoms in total. The molecule has 0 radical (unpaired) electrons. The van der Waals surface area contributed by atoms with Gasteiger partial charge in [0.1, 0.15) is 0 Å². The predicted octanol–water partition coefficient (Wildman–Crippen LogP) is 9.52. The van der Waals surface area contributed by atoms with Crippen molar-refractivity contribution in [1.29, 1.82) is 0 Å². The molecular weight excluding hydrogens is 464 g/mol. The number of carbonyl (C=O) groups is 1. The number of esters is 1. The molecule has 0 spiro atoms. The first-order chi connectivity index (χ1) is 17.5. The summed E-state index contributed by atoms with van der Waals surface area (Å²) in [5.41, 5.74) is 2.17. The minimum absolute atomic E-state index is 0.0808. The van der Waals surface area contributed by atoms with Gasteiger partial charge in [-0.2, -0.15) is 0 Å². The quantitative estimate of drug-likeness (QED) is 0.119. The van der Waals surface area contributed by atoms with Crippen LogP contribution in [0.2, 0.25) is 0 Å². The van der Waals surface area contributed by atoms with Crippen LogP contribution in [0, 0.1) is 40.4 Å². The van der Waals surface area contributed by atoms with Gasteiger partial charge in [-0.05, 0) is 105 Å². The smallest absolute Gasteiger partial charge is 0.307 e. The molecule has 0 amide bonds. The first-order valence-electron chi connectivity index (χ1n) is 15.2. The maximum atomic E-state index is 13.2. The van der Waals surface area contributed by atoms with E-state index >= 15 is 0 Å². The van der Waals surface area contributed by atoms with E-state index in [1.807, 2.05) is 0 Å². The maximum Gasteiger partial charge on any atom is 0.307 e. The van der Waals surface area contributed by atoms with E-state index in [1.165, 1.54) is 76.2 Å². The molecule has 4 aliphatic carbocycles. The highest BCUT2D eigenvalue weighted by Crippen LogP contribution is 2.68. The molecule has 0 unspecified atom stereocenters. The van der Waals surface area contributed by atoms with Crippen LogP contribution in [0.3, 0.4) is 0 Å². The number of allylic oxidation sites excluding steroid dienone is 3. The molecule has 0 bridgehead atoms. The van der Waals surface area contributed by atoms with Crippen molar-refractivity contribution >= 4 is 17.6 Å². The van der Waals surface area contributed by atoms with E-state index in [2.05, 4.69) is 31.2 Å². The first kappa shape index (κ1) is 27.8. The molecule has 0 heterocycles. The number of carbonyl (C=O) groups excluding carboxylic acids is 1. The van der Waals surface area contributed by atoms with Crippen LogP contribution < -0.4 is 0 Å². The van der Waals surface area contributed by atoms with Crippen molar-refractivity contribution in [3.8, 4) is 11.3 Å². The topological polar surface area (TPSA) is 26.3 Å². The molecule has 6 atom stereocenters. The Kier molecular flexibility index (Phi) is 9.71. The monoisotopic (exact) mass is 512 g/mol. The largest absolute Gasteiger partial charge is 0.445 e. The Morgan fingerprint density at radius 3 is 2.58 bits per heavy atom. The number of ether oxygens (including phenoxy) is 1. The van der Waals surface area contributed by atoms with Crippen molar-refractivity contribution < 1.29 is 9.53 Å². The summed E-state index contributed by atoms with van der Waals surface area (Å²) in [6, 6.07) is 0. The van der Waals surface area contributed by atoms with Crippen molar-refractivity contribution in [2.24, 2.45) is 29.1 Å². The van der Waals surface area contributed by atoms with E-state index in [9.17, 15) is 4.79 Å². The van der Waals surface area contributed by atoms with Crippen LogP contribution in [0.1, 0.15) is 129 Å². The zero-order valence-electron chi connectivity index (χ0n) is 23.0. The summed E-state index contributed by atoms with van der Waals surface area (Å²) >= 11 is 6.08. The van der Waals surface area contributed by atoms with E-state index in [1.54, 1.807) is 5.57 Å². The second-order valence-corrected chi connectivity index (χ2v) is 12.5. The summed E-state index contributed by atoms with van der Waals surface area (Å²) < 4.78 is 6.45. The van der Waals surface area contributed by atoms with Crippen LogP contribution >= 0.6 is 11.6 Å². The second-order valence-electron chi connectivity index (χ2n) is 12.3. The molecule has 3 heteroatoms. The van der Waals surface area contributed by atoms with Crippen molar-refractivity contribution in [3.63, 3.8) is 0 Å². The van der Waals surface area contributed by atoms with Gasteiger partial charge in [0.15, 0.2) is 5.60 Å². The highest BCUT2D eigenvalue weighted by Gasteiger charge is 2.66. The molecular formula is C33H49ClO2. The van der Waals surface area contributed by atoms with Crippen molar-refractivity contribution in [2.45, 2.75) is 135 Å². The minimum Gasteiger partial charge on any atom is -0.445 e. The Hall–Kier alpha value is -1.20. The fourth-order valence-corrected chi connectivity index (χ4v) is 9.03. The SMILES string of the molecule is C=C1C[C@@]2(CC)[C@@H](CC[C@]2(C#CCl)OC(=O)CCCCCCCCCC)[C@@H]2CCC3=CCCC[C@@H]3[C@@H]12. The highest BCUT2D eigenvalue weighted by atomic mass is 35.5. The van der Waals surface area contributed by atoms with Crippen LogP contribution in [0.4, 0.5) is 0 Å². The van der Waals surface area contributed by atoms with Crippen LogP contribution in [0.15, 0.2) is 23.8 Å². The van der Waals surface area contributed by atoms with Gasteiger partial charge in [0, 0.05) is 17.2 Å². The fraction of sp³-hybridized carbons (Fsp3) is 0.788. The lowest BCUT2D eigenvalue weighted by molar-refractivity contribution is -0.170. The summed E-state index contributed by atoms with van der Waals surface area (Å²) in [5, 5.41) is 2.69. The lowest BCUT2D eigenvalue weighted by atomic mass is 9.48. The summed E-state index contributed by atoms with van der Waals surface area (Å²) in [7, 11) is 0. The predicted molar refractivity (Wildman–Crippen MR) is 151 cm³/mol. The fourth-order valence-electron chi connectivity index (χ4n) is 8.88. The van der Waals surface area contributed by atoms with Gasteiger partial charge >= 0.3 is 5.97 Å². The Labute approximate surface area is 226 Å². The van der Waals surface area contributed by atoms with Gasteiger partial charge in [0.05, 0.1) is 0 Å². The molecule has 0 aliphatic heterocycles. The van der Waals surface area contributed by atoms with Crippen molar-refractivity contribution in [3.05, 3.63) is 23.8 Å². The van der Waals surface area contributed by atoms with Gasteiger partial charge in [-0.25, -0.2) is 0 Å². The van der Waals surface area contributed by atoms with Gasteiger partial charge < -0.3 is 4.74 Å². The summed E-state index contributed by atoms with van der Waals surface area (Å²) in [5.74, 6) is 5.69. The van der Waals surface area contributed by atoms with Crippen molar-refractivity contribution in [1.82, 2.24) is 0 Å².